The first kappa shape index (κ1) is 15.9. The quantitative estimate of drug-likeness (QED) is 0.739. The van der Waals surface area contributed by atoms with E-state index in [1.807, 2.05) is 0 Å². The van der Waals surface area contributed by atoms with Crippen LogP contribution in [0.15, 0.2) is 0 Å². The van der Waals surface area contributed by atoms with Crippen molar-refractivity contribution >= 4 is 0 Å². The fraction of sp³-hybridized carbons (Fsp3) is 1.00. The van der Waals surface area contributed by atoms with E-state index in [0.29, 0.717) is 17.5 Å². The number of piperazine rings is 1. The molecule has 0 aromatic heterocycles. The molecule has 3 nitrogen and oxygen atoms in total. The fourth-order valence-electron chi connectivity index (χ4n) is 2.94. The number of methoxy groups -OCH3 is 1. The van der Waals surface area contributed by atoms with Gasteiger partial charge in [0, 0.05) is 45.4 Å². The lowest BCUT2D eigenvalue weighted by molar-refractivity contribution is 0.0463. The SMILES string of the molecule is CCCC1CN(CCCOC)C(C(C)(C)C)CN1. The van der Waals surface area contributed by atoms with Crippen LogP contribution in [0.1, 0.15) is 47.0 Å². The maximum absolute atomic E-state index is 5.19. The molecule has 2 unspecified atom stereocenters. The zero-order valence-corrected chi connectivity index (χ0v) is 13.0. The summed E-state index contributed by atoms with van der Waals surface area (Å²) in [5.41, 5.74) is 0.345. The number of ether oxygens (including phenoxy) is 1. The van der Waals surface area contributed by atoms with E-state index in [-0.39, 0.29) is 0 Å². The van der Waals surface area contributed by atoms with Crippen LogP contribution in [0.2, 0.25) is 0 Å². The van der Waals surface area contributed by atoms with Crippen LogP contribution in [0.5, 0.6) is 0 Å². The molecule has 1 aliphatic heterocycles. The van der Waals surface area contributed by atoms with Gasteiger partial charge in [-0.25, -0.2) is 0 Å². The minimum absolute atomic E-state index is 0.345. The third-order valence-corrected chi connectivity index (χ3v) is 3.93. The van der Waals surface area contributed by atoms with Crippen molar-refractivity contribution < 1.29 is 4.74 Å². The van der Waals surface area contributed by atoms with Gasteiger partial charge in [-0.05, 0) is 18.3 Å². The first-order valence-electron chi connectivity index (χ1n) is 7.45. The van der Waals surface area contributed by atoms with Crippen molar-refractivity contribution in [1.29, 1.82) is 0 Å². The lowest BCUT2D eigenvalue weighted by Gasteiger charge is -2.46. The standard InChI is InChI=1S/C15H32N2O/c1-6-8-13-12-17(9-7-10-18-5)14(11-16-13)15(2,3)4/h13-14,16H,6-12H2,1-5H3. The van der Waals surface area contributed by atoms with Crippen molar-refractivity contribution in [3.8, 4) is 0 Å². The first-order chi connectivity index (χ1) is 8.49. The minimum Gasteiger partial charge on any atom is -0.385 e. The maximum atomic E-state index is 5.19. The van der Waals surface area contributed by atoms with Gasteiger partial charge >= 0.3 is 0 Å². The molecule has 1 N–H and O–H groups in total. The van der Waals surface area contributed by atoms with Crippen LogP contribution in [0, 0.1) is 5.41 Å². The van der Waals surface area contributed by atoms with Crippen molar-refractivity contribution in [1.82, 2.24) is 10.2 Å². The Morgan fingerprint density at radius 1 is 1.33 bits per heavy atom. The molecule has 0 aromatic rings. The summed E-state index contributed by atoms with van der Waals surface area (Å²) in [6.07, 6.45) is 3.70. The lowest BCUT2D eigenvalue weighted by atomic mass is 9.83. The summed E-state index contributed by atoms with van der Waals surface area (Å²) in [6.45, 7) is 13.7. The summed E-state index contributed by atoms with van der Waals surface area (Å²) in [6, 6.07) is 1.32. The molecule has 1 saturated heterocycles. The Morgan fingerprint density at radius 3 is 2.61 bits per heavy atom. The second-order valence-corrected chi connectivity index (χ2v) is 6.62. The van der Waals surface area contributed by atoms with Gasteiger partial charge in [0.1, 0.15) is 0 Å². The molecule has 0 spiro atoms. The highest BCUT2D eigenvalue weighted by molar-refractivity contribution is 4.92. The Labute approximate surface area is 113 Å². The zero-order chi connectivity index (χ0) is 13.6. The number of hydrogen-bond donors (Lipinski definition) is 1. The van der Waals surface area contributed by atoms with Gasteiger partial charge < -0.3 is 10.1 Å². The summed E-state index contributed by atoms with van der Waals surface area (Å²) in [7, 11) is 1.79. The van der Waals surface area contributed by atoms with Crippen LogP contribution in [0.3, 0.4) is 0 Å². The average molecular weight is 256 g/mol. The summed E-state index contributed by atoms with van der Waals surface area (Å²) in [5, 5.41) is 3.72. The molecule has 0 amide bonds. The Kier molecular flexibility index (Phi) is 6.61. The highest BCUT2D eigenvalue weighted by atomic mass is 16.5. The summed E-state index contributed by atoms with van der Waals surface area (Å²) >= 11 is 0. The van der Waals surface area contributed by atoms with E-state index in [4.69, 9.17) is 4.74 Å². The molecule has 1 rings (SSSR count). The third-order valence-electron chi connectivity index (χ3n) is 3.93. The van der Waals surface area contributed by atoms with Crippen molar-refractivity contribution in [2.75, 3.05) is 33.4 Å². The summed E-state index contributed by atoms with van der Waals surface area (Å²) in [5.74, 6) is 0. The van der Waals surface area contributed by atoms with Crippen LogP contribution in [0.4, 0.5) is 0 Å². The van der Waals surface area contributed by atoms with Crippen molar-refractivity contribution in [2.45, 2.75) is 59.0 Å². The monoisotopic (exact) mass is 256 g/mol. The topological polar surface area (TPSA) is 24.5 Å². The van der Waals surface area contributed by atoms with Gasteiger partial charge in [0.25, 0.3) is 0 Å². The van der Waals surface area contributed by atoms with Gasteiger partial charge in [-0.3, -0.25) is 4.90 Å². The smallest absolute Gasteiger partial charge is 0.0474 e. The van der Waals surface area contributed by atoms with Crippen LogP contribution < -0.4 is 5.32 Å². The van der Waals surface area contributed by atoms with E-state index in [2.05, 4.69) is 37.9 Å². The zero-order valence-electron chi connectivity index (χ0n) is 13.0. The molecular formula is C15H32N2O. The third kappa shape index (κ3) is 4.87. The van der Waals surface area contributed by atoms with E-state index < -0.39 is 0 Å². The Morgan fingerprint density at radius 2 is 2.06 bits per heavy atom. The maximum Gasteiger partial charge on any atom is 0.0474 e. The van der Waals surface area contributed by atoms with Crippen LogP contribution >= 0.6 is 0 Å². The Bertz CT molecular complexity index is 225. The normalized spacial score (nSPS) is 26.5. The molecule has 1 aliphatic rings. The number of hydrogen-bond acceptors (Lipinski definition) is 3. The van der Waals surface area contributed by atoms with E-state index in [1.165, 1.54) is 19.4 Å². The van der Waals surface area contributed by atoms with Gasteiger partial charge in [-0.2, -0.15) is 0 Å². The number of nitrogens with one attached hydrogen (secondary N) is 1. The van der Waals surface area contributed by atoms with Crippen molar-refractivity contribution in [2.24, 2.45) is 5.41 Å². The first-order valence-corrected chi connectivity index (χ1v) is 7.45. The predicted molar refractivity (Wildman–Crippen MR) is 78.0 cm³/mol. The van der Waals surface area contributed by atoms with E-state index in [9.17, 15) is 0 Å². The highest BCUT2D eigenvalue weighted by Crippen LogP contribution is 2.27. The van der Waals surface area contributed by atoms with Gasteiger partial charge in [0.2, 0.25) is 0 Å². The highest BCUT2D eigenvalue weighted by Gasteiger charge is 2.34. The molecule has 0 aromatic carbocycles. The van der Waals surface area contributed by atoms with Gasteiger partial charge in [0.15, 0.2) is 0 Å². The summed E-state index contributed by atoms with van der Waals surface area (Å²) in [4.78, 5) is 2.68. The van der Waals surface area contributed by atoms with Crippen LogP contribution in [-0.2, 0) is 4.74 Å². The molecular weight excluding hydrogens is 224 g/mol. The van der Waals surface area contributed by atoms with E-state index >= 15 is 0 Å². The Balaban J connectivity index is 2.55. The van der Waals surface area contributed by atoms with E-state index in [0.717, 1.165) is 26.1 Å². The predicted octanol–water partition coefficient (Wildman–Crippen LogP) is 2.51. The van der Waals surface area contributed by atoms with Gasteiger partial charge in [0.05, 0.1) is 0 Å². The molecule has 0 bridgehead atoms. The Hall–Kier alpha value is -0.120. The second-order valence-electron chi connectivity index (χ2n) is 6.62. The van der Waals surface area contributed by atoms with Crippen molar-refractivity contribution in [3.63, 3.8) is 0 Å². The average Bonchev–Trinajstić information content (AvgIpc) is 2.28. The molecule has 3 heteroatoms. The molecule has 2 atom stereocenters. The number of nitrogens with zero attached hydrogens (tertiary/aromatic N) is 1. The van der Waals surface area contributed by atoms with Crippen LogP contribution in [0.25, 0.3) is 0 Å². The lowest BCUT2D eigenvalue weighted by Crippen LogP contribution is -2.60. The molecule has 1 fully saturated rings. The van der Waals surface area contributed by atoms with Gasteiger partial charge in [-0.15, -0.1) is 0 Å². The molecule has 18 heavy (non-hydrogen) atoms. The molecule has 0 aliphatic carbocycles. The molecule has 108 valence electrons. The minimum atomic E-state index is 0.345. The van der Waals surface area contributed by atoms with Gasteiger partial charge in [-0.1, -0.05) is 34.1 Å². The van der Waals surface area contributed by atoms with Crippen LogP contribution in [-0.4, -0.2) is 50.3 Å². The summed E-state index contributed by atoms with van der Waals surface area (Å²) < 4.78 is 5.19. The molecule has 0 radical (unpaired) electrons. The number of rotatable bonds is 6. The molecule has 0 saturated carbocycles. The van der Waals surface area contributed by atoms with E-state index in [1.54, 1.807) is 7.11 Å². The largest absolute Gasteiger partial charge is 0.385 e. The fourth-order valence-corrected chi connectivity index (χ4v) is 2.94. The van der Waals surface area contributed by atoms with Crippen molar-refractivity contribution in [3.05, 3.63) is 0 Å². The molecule has 1 heterocycles. The second kappa shape index (κ2) is 7.46.